The quantitative estimate of drug-likeness (QED) is 0.682. The molecule has 1 aliphatic carbocycles. The van der Waals surface area contributed by atoms with Gasteiger partial charge in [0, 0.05) is 17.7 Å². The molecule has 3 rings (SSSR count). The van der Waals surface area contributed by atoms with Crippen molar-refractivity contribution in [1.29, 1.82) is 0 Å². The van der Waals surface area contributed by atoms with E-state index in [1.165, 1.54) is 30.5 Å². The van der Waals surface area contributed by atoms with Crippen LogP contribution >= 0.6 is 11.6 Å². The predicted octanol–water partition coefficient (Wildman–Crippen LogP) is 2.30. The second kappa shape index (κ2) is 3.46. The third-order valence-corrected chi connectivity index (χ3v) is 4.03. The maximum Gasteiger partial charge on any atom is 0.129 e. The number of pyridine rings is 1. The molecule has 0 bridgehead atoms. The second-order valence-corrected chi connectivity index (χ2v) is 5.08. The highest BCUT2D eigenvalue weighted by Crippen LogP contribution is 2.41. The lowest BCUT2D eigenvalue weighted by Crippen LogP contribution is -2.33. The van der Waals surface area contributed by atoms with Crippen LogP contribution in [0.25, 0.3) is 0 Å². The molecule has 1 spiro atoms. The number of fused-ring (bicyclic) bond motifs is 2. The molecule has 1 aliphatic heterocycles. The fraction of sp³-hybridized carbons (Fsp3) is 0.583. The summed E-state index contributed by atoms with van der Waals surface area (Å²) in [5.74, 6) is 0. The van der Waals surface area contributed by atoms with E-state index in [4.69, 9.17) is 11.6 Å². The molecule has 1 saturated heterocycles. The monoisotopic (exact) mass is 222 g/mol. The molecular formula is C12H15ClN2. The van der Waals surface area contributed by atoms with Gasteiger partial charge in [-0.05, 0) is 43.9 Å². The largest absolute Gasteiger partial charge is 0.316 e. The van der Waals surface area contributed by atoms with E-state index < -0.39 is 0 Å². The highest BCUT2D eigenvalue weighted by atomic mass is 35.5. The Kier molecular flexibility index (Phi) is 2.22. The van der Waals surface area contributed by atoms with E-state index in [2.05, 4.69) is 16.4 Å². The first-order valence-corrected chi connectivity index (χ1v) is 6.05. The molecule has 0 unspecified atom stereocenters. The van der Waals surface area contributed by atoms with Crippen LogP contribution in [0, 0.1) is 0 Å². The van der Waals surface area contributed by atoms with Gasteiger partial charge in [0.25, 0.3) is 0 Å². The Labute approximate surface area is 95.0 Å². The van der Waals surface area contributed by atoms with Gasteiger partial charge in [-0.2, -0.15) is 0 Å². The zero-order chi connectivity index (χ0) is 10.3. The minimum atomic E-state index is 0.366. The number of halogens is 1. The predicted molar refractivity (Wildman–Crippen MR) is 61.3 cm³/mol. The maximum absolute atomic E-state index is 5.95. The highest BCUT2D eigenvalue weighted by molar-refractivity contribution is 6.29. The van der Waals surface area contributed by atoms with E-state index in [0.29, 0.717) is 10.6 Å². The molecule has 1 atom stereocenters. The van der Waals surface area contributed by atoms with Gasteiger partial charge in [-0.1, -0.05) is 17.7 Å². The van der Waals surface area contributed by atoms with Gasteiger partial charge in [0.15, 0.2) is 0 Å². The molecule has 0 amide bonds. The van der Waals surface area contributed by atoms with Crippen molar-refractivity contribution in [3.05, 3.63) is 28.5 Å². The van der Waals surface area contributed by atoms with Crippen molar-refractivity contribution < 1.29 is 0 Å². The number of hydrogen-bond acceptors (Lipinski definition) is 2. The lowest BCUT2D eigenvalue weighted by molar-refractivity contribution is 0.388. The van der Waals surface area contributed by atoms with Crippen LogP contribution in [0.3, 0.4) is 0 Å². The van der Waals surface area contributed by atoms with Gasteiger partial charge in [-0.15, -0.1) is 0 Å². The number of hydrogen-bond donors (Lipinski definition) is 1. The van der Waals surface area contributed by atoms with Gasteiger partial charge < -0.3 is 5.32 Å². The summed E-state index contributed by atoms with van der Waals surface area (Å²) in [5, 5.41) is 4.11. The average Bonchev–Trinajstić information content (AvgIpc) is 2.67. The molecule has 1 aromatic heterocycles. The smallest absolute Gasteiger partial charge is 0.129 e. The van der Waals surface area contributed by atoms with Crippen molar-refractivity contribution in [3.8, 4) is 0 Å². The number of rotatable bonds is 0. The fourth-order valence-corrected chi connectivity index (χ4v) is 3.23. The standard InChI is InChI=1S/C12H15ClN2/c13-11-4-3-9-10(15-11)2-1-5-12(9)6-7-14-8-12/h3-4,14H,1-2,5-8H2/t12-/m0/s1. The first kappa shape index (κ1) is 9.61. The molecule has 1 fully saturated rings. The Morgan fingerprint density at radius 3 is 3.07 bits per heavy atom. The third kappa shape index (κ3) is 1.47. The van der Waals surface area contributed by atoms with Crippen molar-refractivity contribution in [3.63, 3.8) is 0 Å². The van der Waals surface area contributed by atoms with Gasteiger partial charge in [0.2, 0.25) is 0 Å². The van der Waals surface area contributed by atoms with Gasteiger partial charge >= 0.3 is 0 Å². The Balaban J connectivity index is 2.10. The van der Waals surface area contributed by atoms with Gasteiger partial charge in [-0.25, -0.2) is 4.98 Å². The molecule has 2 aliphatic rings. The summed E-state index contributed by atoms with van der Waals surface area (Å²) in [6.45, 7) is 2.26. The van der Waals surface area contributed by atoms with E-state index >= 15 is 0 Å². The van der Waals surface area contributed by atoms with E-state index in [0.717, 1.165) is 19.5 Å². The van der Waals surface area contributed by atoms with Gasteiger partial charge in [-0.3, -0.25) is 0 Å². The van der Waals surface area contributed by atoms with Gasteiger partial charge in [0.05, 0.1) is 0 Å². The molecule has 2 heterocycles. The zero-order valence-electron chi connectivity index (χ0n) is 8.72. The van der Waals surface area contributed by atoms with Crippen LogP contribution in [0.1, 0.15) is 30.5 Å². The zero-order valence-corrected chi connectivity index (χ0v) is 9.48. The van der Waals surface area contributed by atoms with Crippen LogP contribution in [0.15, 0.2) is 12.1 Å². The Hall–Kier alpha value is -0.600. The fourth-order valence-electron chi connectivity index (χ4n) is 3.06. The Morgan fingerprint density at radius 1 is 1.33 bits per heavy atom. The Morgan fingerprint density at radius 2 is 2.27 bits per heavy atom. The summed E-state index contributed by atoms with van der Waals surface area (Å²) >= 11 is 5.95. The summed E-state index contributed by atoms with van der Waals surface area (Å²) in [6, 6.07) is 4.13. The van der Waals surface area contributed by atoms with Crippen LogP contribution in [0.2, 0.25) is 5.15 Å². The minimum absolute atomic E-state index is 0.366. The van der Waals surface area contributed by atoms with Crippen LogP contribution in [0.5, 0.6) is 0 Å². The average molecular weight is 223 g/mol. The Bertz CT molecular complexity index is 383. The first-order chi connectivity index (χ1) is 7.30. The first-order valence-electron chi connectivity index (χ1n) is 5.67. The lowest BCUT2D eigenvalue weighted by atomic mass is 9.71. The van der Waals surface area contributed by atoms with Crippen LogP contribution in [0.4, 0.5) is 0 Å². The molecule has 0 saturated carbocycles. The van der Waals surface area contributed by atoms with Crippen LogP contribution in [-0.2, 0) is 11.8 Å². The lowest BCUT2D eigenvalue weighted by Gasteiger charge is -2.34. The van der Waals surface area contributed by atoms with E-state index in [-0.39, 0.29) is 0 Å². The van der Waals surface area contributed by atoms with Crippen molar-refractivity contribution in [1.82, 2.24) is 10.3 Å². The highest BCUT2D eigenvalue weighted by Gasteiger charge is 2.39. The molecule has 80 valence electrons. The van der Waals surface area contributed by atoms with Gasteiger partial charge in [0.1, 0.15) is 5.15 Å². The SMILES string of the molecule is Clc1ccc2c(n1)CCC[C@@]21CCNC1. The number of aromatic nitrogens is 1. The van der Waals surface area contributed by atoms with Crippen LogP contribution < -0.4 is 5.32 Å². The molecule has 2 nitrogen and oxygen atoms in total. The summed E-state index contributed by atoms with van der Waals surface area (Å²) < 4.78 is 0. The summed E-state index contributed by atoms with van der Waals surface area (Å²) in [6.07, 6.45) is 4.90. The van der Waals surface area contributed by atoms with Crippen molar-refractivity contribution in [2.24, 2.45) is 0 Å². The van der Waals surface area contributed by atoms with Crippen molar-refractivity contribution in [2.75, 3.05) is 13.1 Å². The molecule has 1 N–H and O–H groups in total. The minimum Gasteiger partial charge on any atom is -0.316 e. The normalized spacial score (nSPS) is 29.4. The summed E-state index contributed by atoms with van der Waals surface area (Å²) in [5.41, 5.74) is 3.05. The molecular weight excluding hydrogens is 208 g/mol. The van der Waals surface area contributed by atoms with E-state index in [1.54, 1.807) is 0 Å². The topological polar surface area (TPSA) is 24.9 Å². The van der Waals surface area contributed by atoms with E-state index in [1.807, 2.05) is 6.07 Å². The number of aryl methyl sites for hydroxylation is 1. The molecule has 3 heteroatoms. The molecule has 15 heavy (non-hydrogen) atoms. The number of nitrogens with zero attached hydrogens (tertiary/aromatic N) is 1. The van der Waals surface area contributed by atoms with Crippen molar-refractivity contribution >= 4 is 11.6 Å². The number of nitrogens with one attached hydrogen (secondary N) is 1. The van der Waals surface area contributed by atoms with E-state index in [9.17, 15) is 0 Å². The second-order valence-electron chi connectivity index (χ2n) is 4.69. The summed E-state index contributed by atoms with van der Waals surface area (Å²) in [4.78, 5) is 4.47. The molecule has 1 aromatic rings. The molecule has 0 aromatic carbocycles. The van der Waals surface area contributed by atoms with Crippen LogP contribution in [-0.4, -0.2) is 18.1 Å². The maximum atomic E-state index is 5.95. The summed E-state index contributed by atoms with van der Waals surface area (Å²) in [7, 11) is 0. The third-order valence-electron chi connectivity index (χ3n) is 3.82. The van der Waals surface area contributed by atoms with Crippen molar-refractivity contribution in [2.45, 2.75) is 31.1 Å². The molecule has 0 radical (unpaired) electrons.